The average Bonchev–Trinajstić information content (AvgIpc) is 3.06. The van der Waals surface area contributed by atoms with Crippen LogP contribution >= 0.6 is 11.3 Å². The molecule has 2 rings (SSSR count). The summed E-state index contributed by atoms with van der Waals surface area (Å²) in [5.74, 6) is -0.394. The second-order valence-corrected chi connectivity index (χ2v) is 5.48. The van der Waals surface area contributed by atoms with Crippen molar-refractivity contribution in [3.63, 3.8) is 0 Å². The van der Waals surface area contributed by atoms with Gasteiger partial charge in [0.05, 0.1) is 22.4 Å². The molecule has 7 nitrogen and oxygen atoms in total. The molecule has 0 spiro atoms. The fourth-order valence-electron chi connectivity index (χ4n) is 1.90. The number of rotatable bonds is 6. The molecule has 1 amide bonds. The summed E-state index contributed by atoms with van der Waals surface area (Å²) >= 11 is 1.25. The fraction of sp³-hybridized carbons (Fsp3) is 0.214. The Morgan fingerprint density at radius 1 is 1.32 bits per heavy atom. The van der Waals surface area contributed by atoms with Crippen molar-refractivity contribution in [1.29, 1.82) is 0 Å². The summed E-state index contributed by atoms with van der Waals surface area (Å²) in [4.78, 5) is 22.5. The number of carbonyl (C=O) groups excluding carboxylic acids is 1. The summed E-state index contributed by atoms with van der Waals surface area (Å²) in [6.45, 7) is -0.463. The Labute approximate surface area is 130 Å². The molecule has 1 heterocycles. The van der Waals surface area contributed by atoms with Gasteiger partial charge in [-0.15, -0.1) is 11.3 Å². The number of carbonyl (C=O) groups is 1. The summed E-state index contributed by atoms with van der Waals surface area (Å²) in [5.41, 5.74) is 0.273. The Morgan fingerprint density at radius 2 is 2.00 bits per heavy atom. The van der Waals surface area contributed by atoms with Gasteiger partial charge in [0, 0.05) is 12.1 Å². The van der Waals surface area contributed by atoms with Gasteiger partial charge < -0.3 is 15.5 Å². The standard InChI is InChI=1S/C14H14N2O5S/c17-8-11(15-14(19)12-2-1-7-22-12)13(18)9-3-5-10(6-4-9)16(20)21/h1-7,11,13,17-18H,8H2,(H,15,19)/t11-,13-/m1/s1. The van der Waals surface area contributed by atoms with Crippen molar-refractivity contribution >= 4 is 22.9 Å². The summed E-state index contributed by atoms with van der Waals surface area (Å²) in [6.07, 6.45) is -1.17. The van der Waals surface area contributed by atoms with E-state index in [0.717, 1.165) is 0 Å². The van der Waals surface area contributed by atoms with E-state index in [2.05, 4.69) is 5.32 Å². The number of non-ortho nitro benzene ring substituents is 1. The van der Waals surface area contributed by atoms with Crippen molar-refractivity contribution in [3.05, 3.63) is 62.3 Å². The van der Waals surface area contributed by atoms with Gasteiger partial charge >= 0.3 is 0 Å². The molecule has 1 aromatic carbocycles. The highest BCUT2D eigenvalue weighted by atomic mass is 32.1. The van der Waals surface area contributed by atoms with Gasteiger partial charge in [-0.05, 0) is 29.1 Å². The zero-order valence-electron chi connectivity index (χ0n) is 11.4. The minimum Gasteiger partial charge on any atom is -0.394 e. The van der Waals surface area contributed by atoms with Gasteiger partial charge in [0.1, 0.15) is 6.10 Å². The third kappa shape index (κ3) is 3.67. The van der Waals surface area contributed by atoms with Crippen LogP contribution in [-0.2, 0) is 0 Å². The highest BCUT2D eigenvalue weighted by Crippen LogP contribution is 2.21. The third-order valence-corrected chi connectivity index (χ3v) is 3.95. The fourth-order valence-corrected chi connectivity index (χ4v) is 2.52. The van der Waals surface area contributed by atoms with Gasteiger partial charge in [0.25, 0.3) is 11.6 Å². The molecule has 2 aromatic rings. The number of aliphatic hydroxyl groups is 2. The molecule has 3 N–H and O–H groups in total. The first-order chi connectivity index (χ1) is 10.5. The van der Waals surface area contributed by atoms with Gasteiger partial charge in [-0.25, -0.2) is 0 Å². The van der Waals surface area contributed by atoms with Crippen molar-refractivity contribution in [1.82, 2.24) is 5.32 Å². The van der Waals surface area contributed by atoms with Gasteiger partial charge in [0.2, 0.25) is 0 Å². The SMILES string of the molecule is O=C(N[C@H](CO)[C@H](O)c1ccc([N+](=O)[O-])cc1)c1cccs1. The number of nitro benzene ring substituents is 1. The van der Waals surface area contributed by atoms with Crippen LogP contribution in [0.5, 0.6) is 0 Å². The molecule has 2 atom stereocenters. The second-order valence-electron chi connectivity index (χ2n) is 4.53. The number of hydrogen-bond donors (Lipinski definition) is 3. The first-order valence-electron chi connectivity index (χ1n) is 6.40. The van der Waals surface area contributed by atoms with E-state index in [1.165, 1.54) is 35.6 Å². The Hall–Kier alpha value is -2.29. The highest BCUT2D eigenvalue weighted by molar-refractivity contribution is 7.12. The van der Waals surface area contributed by atoms with E-state index >= 15 is 0 Å². The number of nitro groups is 1. The number of thiophene rings is 1. The summed E-state index contributed by atoms with van der Waals surface area (Å²) in [7, 11) is 0. The summed E-state index contributed by atoms with van der Waals surface area (Å²) in [5, 5.41) is 34.5. The molecule has 22 heavy (non-hydrogen) atoms. The minimum absolute atomic E-state index is 0.0980. The van der Waals surface area contributed by atoms with Gasteiger partial charge in [-0.2, -0.15) is 0 Å². The van der Waals surface area contributed by atoms with E-state index in [9.17, 15) is 25.1 Å². The largest absolute Gasteiger partial charge is 0.394 e. The average molecular weight is 322 g/mol. The highest BCUT2D eigenvalue weighted by Gasteiger charge is 2.23. The number of benzene rings is 1. The van der Waals surface area contributed by atoms with E-state index in [1.807, 2.05) is 0 Å². The molecule has 1 aromatic heterocycles. The molecule has 0 saturated carbocycles. The Morgan fingerprint density at radius 3 is 2.50 bits per heavy atom. The summed E-state index contributed by atoms with van der Waals surface area (Å²) in [6, 6.07) is 7.75. The number of aliphatic hydroxyl groups excluding tert-OH is 2. The monoisotopic (exact) mass is 322 g/mol. The van der Waals surface area contributed by atoms with Crippen molar-refractivity contribution in [3.8, 4) is 0 Å². The first kappa shape index (κ1) is 16.1. The molecule has 0 fully saturated rings. The van der Waals surface area contributed by atoms with Crippen LogP contribution in [0, 0.1) is 10.1 Å². The Balaban J connectivity index is 2.09. The predicted octanol–water partition coefficient (Wildman–Crippen LogP) is 1.48. The van der Waals surface area contributed by atoms with E-state index < -0.39 is 29.6 Å². The molecule has 8 heteroatoms. The topological polar surface area (TPSA) is 113 Å². The van der Waals surface area contributed by atoms with Crippen molar-refractivity contribution in [2.75, 3.05) is 6.61 Å². The lowest BCUT2D eigenvalue weighted by Gasteiger charge is -2.22. The number of nitrogens with one attached hydrogen (secondary N) is 1. The predicted molar refractivity (Wildman–Crippen MR) is 80.7 cm³/mol. The van der Waals surface area contributed by atoms with Gasteiger partial charge in [-0.1, -0.05) is 6.07 Å². The molecule has 0 aliphatic carbocycles. The maximum Gasteiger partial charge on any atom is 0.269 e. The zero-order chi connectivity index (χ0) is 16.1. The van der Waals surface area contributed by atoms with Crippen LogP contribution in [-0.4, -0.2) is 33.7 Å². The molecular formula is C14H14N2O5S. The smallest absolute Gasteiger partial charge is 0.269 e. The van der Waals surface area contributed by atoms with Gasteiger partial charge in [0.15, 0.2) is 0 Å². The van der Waals surface area contributed by atoms with Gasteiger partial charge in [-0.3, -0.25) is 14.9 Å². The molecule has 0 aliphatic heterocycles. The molecule has 0 aliphatic rings. The maximum atomic E-state index is 11.9. The number of hydrogen-bond acceptors (Lipinski definition) is 6. The molecule has 116 valence electrons. The number of amides is 1. The van der Waals surface area contributed by atoms with Crippen LogP contribution in [0.2, 0.25) is 0 Å². The molecule has 0 bridgehead atoms. The third-order valence-electron chi connectivity index (χ3n) is 3.08. The minimum atomic E-state index is -1.17. The summed E-state index contributed by atoms with van der Waals surface area (Å²) < 4.78 is 0. The van der Waals surface area contributed by atoms with Crippen molar-refractivity contribution in [2.24, 2.45) is 0 Å². The molecule has 0 radical (unpaired) electrons. The van der Waals surface area contributed by atoms with Crippen LogP contribution in [0.4, 0.5) is 5.69 Å². The van der Waals surface area contributed by atoms with Crippen LogP contribution < -0.4 is 5.32 Å². The lowest BCUT2D eigenvalue weighted by atomic mass is 10.0. The van der Waals surface area contributed by atoms with Crippen molar-refractivity contribution < 1.29 is 19.9 Å². The molecule has 0 unspecified atom stereocenters. The lowest BCUT2D eigenvalue weighted by molar-refractivity contribution is -0.384. The second kappa shape index (κ2) is 7.12. The zero-order valence-corrected chi connectivity index (χ0v) is 12.2. The molecular weight excluding hydrogens is 308 g/mol. The van der Waals surface area contributed by atoms with Crippen LogP contribution in [0.3, 0.4) is 0 Å². The first-order valence-corrected chi connectivity index (χ1v) is 7.28. The normalized spacial score (nSPS) is 13.4. The maximum absolute atomic E-state index is 11.9. The van der Waals surface area contributed by atoms with Crippen molar-refractivity contribution in [2.45, 2.75) is 12.1 Å². The Bertz CT molecular complexity index is 642. The van der Waals surface area contributed by atoms with E-state index in [4.69, 9.17) is 0 Å². The lowest BCUT2D eigenvalue weighted by Crippen LogP contribution is -2.41. The Kier molecular flexibility index (Phi) is 5.21. The van der Waals surface area contributed by atoms with Crippen LogP contribution in [0.25, 0.3) is 0 Å². The van der Waals surface area contributed by atoms with Crippen LogP contribution in [0.15, 0.2) is 41.8 Å². The quantitative estimate of drug-likeness (QED) is 0.551. The van der Waals surface area contributed by atoms with E-state index in [-0.39, 0.29) is 5.69 Å². The van der Waals surface area contributed by atoms with E-state index in [0.29, 0.717) is 10.4 Å². The van der Waals surface area contributed by atoms with Crippen LogP contribution in [0.1, 0.15) is 21.3 Å². The van der Waals surface area contributed by atoms with E-state index in [1.54, 1.807) is 17.5 Å². The molecule has 0 saturated heterocycles. The number of nitrogens with zero attached hydrogens (tertiary/aromatic N) is 1.